The summed E-state index contributed by atoms with van der Waals surface area (Å²) < 4.78 is 8.54. The number of hydrogen-bond donors (Lipinski definition) is 15. The minimum Gasteiger partial charge on any atom is -0.480 e. The maximum Gasteiger partial charge on any atom is 0.328 e. The smallest absolute Gasteiger partial charge is 0.328 e. The lowest BCUT2D eigenvalue weighted by molar-refractivity contribution is -0.143. The van der Waals surface area contributed by atoms with Crippen molar-refractivity contribution in [2.75, 3.05) is 19.7 Å². The van der Waals surface area contributed by atoms with Gasteiger partial charge < -0.3 is 80.6 Å². The number of primary amides is 1. The number of carbonyl (C=O) groups is 9. The molecule has 354 valence electrons. The number of nitrogens with one attached hydrogen (secondary N) is 7. The normalized spacial score (nSPS) is 16.2. The molecule has 0 aliphatic rings. The Hall–Kier alpha value is -5.66. The third kappa shape index (κ3) is 20.7. The first-order valence-electron chi connectivity index (χ1n) is 20.5. The molecule has 0 fully saturated rings. The molecule has 0 aromatic rings. The summed E-state index contributed by atoms with van der Waals surface area (Å²) in [5, 5.41) is 53.2. The second-order valence-electron chi connectivity index (χ2n) is 15.6. The lowest BCUT2D eigenvalue weighted by Gasteiger charge is -2.30. The highest BCUT2D eigenvalue weighted by Gasteiger charge is 2.36. The van der Waals surface area contributed by atoms with Crippen LogP contribution in [0.1, 0.15) is 80.6 Å². The lowest BCUT2D eigenvalue weighted by atomic mass is 9.96. The van der Waals surface area contributed by atoms with Crippen molar-refractivity contribution in [3.05, 3.63) is 0 Å². The van der Waals surface area contributed by atoms with Crippen molar-refractivity contribution >= 4 is 59.2 Å². The molecule has 25 heteroatoms. The van der Waals surface area contributed by atoms with Crippen molar-refractivity contribution in [1.29, 1.82) is 0 Å². The number of aliphatic hydroxyl groups excluding tert-OH is 3. The number of rotatable bonds is 29. The molecule has 0 bridgehead atoms. The van der Waals surface area contributed by atoms with Crippen LogP contribution in [0.2, 0.25) is 1.41 Å². The van der Waals surface area contributed by atoms with Crippen LogP contribution in [0.5, 0.6) is 0 Å². The molecule has 0 aromatic heterocycles. The lowest BCUT2D eigenvalue weighted by Crippen LogP contribution is -2.62. The Morgan fingerprint density at radius 1 is 0.710 bits per heavy atom. The number of aliphatic carboxylic acids is 1. The molecule has 19 N–H and O–H groups in total. The zero-order chi connectivity index (χ0) is 48.9. The first kappa shape index (κ1) is 54.4. The van der Waals surface area contributed by atoms with Gasteiger partial charge >= 0.3 is 5.97 Å². The number of carbonyl (C=O) groups excluding carboxylic acids is 8. The molecule has 25 nitrogen and oxygen atoms in total. The van der Waals surface area contributed by atoms with Gasteiger partial charge in [-0.05, 0) is 43.9 Å². The van der Waals surface area contributed by atoms with E-state index in [-0.39, 0.29) is 44.1 Å². The minimum absolute atomic E-state index is 0.0226. The first-order chi connectivity index (χ1) is 29.2. The van der Waals surface area contributed by atoms with E-state index >= 15 is 0 Å². The maximum atomic E-state index is 14.0. The van der Waals surface area contributed by atoms with Gasteiger partial charge in [-0.1, -0.05) is 48.0 Å². The quantitative estimate of drug-likeness (QED) is 0.0189. The number of aliphatic imine (C=N–C) groups is 1. The average molecular weight is 890 g/mol. The van der Waals surface area contributed by atoms with Crippen molar-refractivity contribution in [2.45, 2.75) is 135 Å². The van der Waals surface area contributed by atoms with Crippen LogP contribution in [0, 0.1) is 17.8 Å². The van der Waals surface area contributed by atoms with Gasteiger partial charge in [0, 0.05) is 6.54 Å². The van der Waals surface area contributed by atoms with Crippen LogP contribution in [0.25, 0.3) is 0 Å². The second-order valence-corrected chi connectivity index (χ2v) is 15.6. The van der Waals surface area contributed by atoms with Crippen LogP contribution < -0.4 is 60.1 Å². The topological polar surface area (TPSA) is 435 Å². The van der Waals surface area contributed by atoms with Crippen molar-refractivity contribution in [2.24, 2.45) is 45.7 Å². The average Bonchev–Trinajstić information content (AvgIpc) is 3.20. The van der Waals surface area contributed by atoms with Crippen LogP contribution >= 0.6 is 0 Å². The zero-order valence-corrected chi connectivity index (χ0v) is 36.3. The molecule has 0 aliphatic carbocycles. The molecule has 0 heterocycles. The van der Waals surface area contributed by atoms with Crippen LogP contribution in [0.4, 0.5) is 0 Å². The number of guanidine groups is 1. The summed E-state index contributed by atoms with van der Waals surface area (Å²) in [5.74, 6) is -11.5. The van der Waals surface area contributed by atoms with E-state index in [1.54, 1.807) is 41.5 Å². The molecular formula is C37H68N12O13. The number of hydrogen-bond acceptors (Lipinski definition) is 14. The summed E-state index contributed by atoms with van der Waals surface area (Å²) in [6, 6.07) is -11.1. The summed E-state index contributed by atoms with van der Waals surface area (Å²) in [7, 11) is 0. The molecule has 8 amide bonds. The van der Waals surface area contributed by atoms with Gasteiger partial charge in [-0.15, -0.1) is 0 Å². The maximum absolute atomic E-state index is 14.0. The van der Waals surface area contributed by atoms with E-state index < -0.39 is 139 Å². The third-order valence-corrected chi connectivity index (χ3v) is 9.33. The minimum atomic E-state index is -1.78. The van der Waals surface area contributed by atoms with Crippen LogP contribution in [0.15, 0.2) is 4.99 Å². The Labute approximate surface area is 361 Å². The summed E-state index contributed by atoms with van der Waals surface area (Å²) in [5.41, 5.74) is 21.9. The Kier molecular flexibility index (Phi) is 24.6. The van der Waals surface area contributed by atoms with Gasteiger partial charge in [-0.25, -0.2) is 4.79 Å². The Balaban J connectivity index is 6.36. The molecule has 0 spiro atoms. The van der Waals surface area contributed by atoms with Gasteiger partial charge in [0.25, 0.3) is 0 Å². The molecule has 0 saturated carbocycles. The van der Waals surface area contributed by atoms with Crippen molar-refractivity contribution < 1.29 is 65.0 Å². The van der Waals surface area contributed by atoms with Crippen molar-refractivity contribution in [1.82, 2.24) is 37.2 Å². The highest BCUT2D eigenvalue weighted by molar-refractivity contribution is 5.98. The number of carboxylic acids is 1. The fraction of sp³-hybridized carbons (Fsp3) is 0.730. The van der Waals surface area contributed by atoms with E-state index in [1.807, 2.05) is 5.32 Å². The van der Waals surface area contributed by atoms with E-state index in [0.717, 1.165) is 6.92 Å². The van der Waals surface area contributed by atoms with E-state index in [9.17, 15) is 58.5 Å². The van der Waals surface area contributed by atoms with E-state index in [0.29, 0.717) is 5.31 Å². The molecule has 0 aromatic carbocycles. The van der Waals surface area contributed by atoms with Crippen molar-refractivity contribution in [3.8, 4) is 0 Å². The van der Waals surface area contributed by atoms with Gasteiger partial charge in [0.05, 0.1) is 31.8 Å². The molecule has 0 rings (SSSR count). The Morgan fingerprint density at radius 2 is 1.26 bits per heavy atom. The summed E-state index contributed by atoms with van der Waals surface area (Å²) >= 11 is 0. The van der Waals surface area contributed by atoms with Crippen LogP contribution in [-0.2, 0) is 43.2 Å². The van der Waals surface area contributed by atoms with Crippen LogP contribution in [0.3, 0.4) is 0 Å². The highest BCUT2D eigenvalue weighted by Crippen LogP contribution is 2.13. The number of amides is 8. The van der Waals surface area contributed by atoms with Crippen molar-refractivity contribution in [3.63, 3.8) is 0 Å². The molecule has 62 heavy (non-hydrogen) atoms. The molecular weight excluding hydrogens is 820 g/mol. The molecule has 0 unspecified atom stereocenters. The zero-order valence-electron chi connectivity index (χ0n) is 37.3. The fourth-order valence-corrected chi connectivity index (χ4v) is 5.50. The number of aliphatic hydroxyl groups is 3. The van der Waals surface area contributed by atoms with Gasteiger partial charge in [0.15, 0.2) is 7.37 Å². The SMILES string of the molecule is [2H]N(C(=O)[C@@H](N)[C@H](O)C(C)C)[C@@H](CC(C)C)C(=O)N[C@@H](CCCN=C(N)N)C(=O)N[C@H](C(=O)N[C@H](C(=O)NCC(=O)N[C@@H](CC(N)=O)C(=O)N[C@@H](CO)C(=O)O)[C@@H](C)O)[C@@H](C)CC. The predicted octanol–water partition coefficient (Wildman–Crippen LogP) is -6.17. The summed E-state index contributed by atoms with van der Waals surface area (Å²) in [6.45, 7) is 9.23. The van der Waals surface area contributed by atoms with E-state index in [1.165, 1.54) is 0 Å². The van der Waals surface area contributed by atoms with Gasteiger partial charge in [-0.3, -0.25) is 43.3 Å². The molecule has 0 saturated heterocycles. The van der Waals surface area contributed by atoms with Gasteiger partial charge in [0.1, 0.15) is 42.3 Å². The Bertz CT molecular complexity index is 1620. The van der Waals surface area contributed by atoms with E-state index in [2.05, 4.69) is 31.6 Å². The largest absolute Gasteiger partial charge is 0.480 e. The van der Waals surface area contributed by atoms with E-state index in [4.69, 9.17) is 29.5 Å². The summed E-state index contributed by atoms with van der Waals surface area (Å²) in [4.78, 5) is 120. The molecule has 10 atom stereocenters. The first-order valence-corrected chi connectivity index (χ1v) is 20.1. The number of nitrogens with zero attached hydrogens (tertiary/aromatic N) is 1. The predicted molar refractivity (Wildman–Crippen MR) is 222 cm³/mol. The number of carboxylic acid groups (broad SMARTS) is 1. The molecule has 0 radical (unpaired) electrons. The van der Waals surface area contributed by atoms with Crippen LogP contribution in [-0.4, -0.2) is 154 Å². The fourth-order valence-electron chi connectivity index (χ4n) is 5.50. The highest BCUT2D eigenvalue weighted by atomic mass is 16.4. The monoisotopic (exact) mass is 890 g/mol. The number of nitrogens with two attached hydrogens (primary N) is 4. The van der Waals surface area contributed by atoms with Gasteiger partial charge in [-0.2, -0.15) is 0 Å². The van der Waals surface area contributed by atoms with Gasteiger partial charge in [0.2, 0.25) is 47.3 Å². The second kappa shape index (κ2) is 28.0. The molecule has 0 aliphatic heterocycles. The third-order valence-electron chi connectivity index (χ3n) is 9.33. The standard InChI is InChI=1S/C37H68N12O13/c1-8-18(6)27(35(60)49-28(19(7)51)34(59)43-14-25(53)44-22(13-24(38)52)32(57)47-23(15-50)36(61)62)48-30(55)20(10-9-11-42-37(40)41)45-31(56)21(12-16(2)3)46-33(58)26(39)29(54)17(4)5/h16-23,26-29,50-51,54H,8-15,39H2,1-7H3,(H2,38,52)(H,43,59)(H,44,53)(H,45,56)(H,46,58)(H,47,57)(H,48,55)(H,49,60)(H,61,62)(H4,40,41,42)/t18-,19+,20-,21-,22-,23-,26-,27-,28-,29+/m0/s1/i/hD. The summed E-state index contributed by atoms with van der Waals surface area (Å²) in [6.07, 6.45) is -3.47. The Morgan fingerprint density at radius 3 is 1.74 bits per heavy atom.